The molecule has 1 fully saturated rings. The molecule has 2 rings (SSSR count). The molecule has 2 unspecified atom stereocenters. The number of rotatable bonds is 4. The molecule has 128 valence electrons. The molecule has 4 heteroatoms. The molecule has 2 atom stereocenters. The lowest BCUT2D eigenvalue weighted by atomic mass is 9.84. The lowest BCUT2D eigenvalue weighted by molar-refractivity contribution is -0.00563. The van der Waals surface area contributed by atoms with E-state index >= 15 is 0 Å². The van der Waals surface area contributed by atoms with Crippen molar-refractivity contribution in [3.05, 3.63) is 35.9 Å². The maximum absolute atomic E-state index is 12.7. The average molecular weight is 319 g/mol. The Hall–Kier alpha value is -1.55. The maximum Gasteiger partial charge on any atom is 0.410 e. The molecule has 0 saturated carbocycles. The SMILES string of the molecule is CC(C)(C)C(OC(=O)N1CCCCC1CCO)c1ccccc1. The molecule has 0 spiro atoms. The highest BCUT2D eigenvalue weighted by atomic mass is 16.6. The van der Waals surface area contributed by atoms with E-state index in [4.69, 9.17) is 4.74 Å². The Morgan fingerprint density at radius 1 is 1.30 bits per heavy atom. The molecule has 1 saturated heterocycles. The Labute approximate surface area is 139 Å². The number of carbonyl (C=O) groups excluding carboxylic acids is 1. The van der Waals surface area contributed by atoms with E-state index in [1.807, 2.05) is 30.3 Å². The number of carbonyl (C=O) groups is 1. The predicted molar refractivity (Wildman–Crippen MR) is 91.2 cm³/mol. The first kappa shape index (κ1) is 17.8. The van der Waals surface area contributed by atoms with E-state index in [2.05, 4.69) is 20.8 Å². The molecule has 0 aliphatic carbocycles. The minimum Gasteiger partial charge on any atom is -0.441 e. The van der Waals surface area contributed by atoms with Crippen LogP contribution in [0.1, 0.15) is 58.1 Å². The predicted octanol–water partition coefficient (Wildman–Crippen LogP) is 4.15. The van der Waals surface area contributed by atoms with Crippen LogP contribution in [0, 0.1) is 5.41 Å². The van der Waals surface area contributed by atoms with Crippen molar-refractivity contribution in [2.75, 3.05) is 13.2 Å². The van der Waals surface area contributed by atoms with Crippen LogP contribution in [0.25, 0.3) is 0 Å². The third-order valence-corrected chi connectivity index (χ3v) is 4.43. The van der Waals surface area contributed by atoms with Gasteiger partial charge in [0.15, 0.2) is 0 Å². The monoisotopic (exact) mass is 319 g/mol. The first-order valence-electron chi connectivity index (χ1n) is 8.56. The van der Waals surface area contributed by atoms with Gasteiger partial charge in [0, 0.05) is 24.6 Å². The molecule has 0 aromatic heterocycles. The van der Waals surface area contributed by atoms with E-state index in [9.17, 15) is 9.90 Å². The number of ether oxygens (including phenoxy) is 1. The average Bonchev–Trinajstić information content (AvgIpc) is 2.53. The van der Waals surface area contributed by atoms with E-state index < -0.39 is 0 Å². The van der Waals surface area contributed by atoms with Crippen molar-refractivity contribution < 1.29 is 14.6 Å². The van der Waals surface area contributed by atoms with Crippen molar-refractivity contribution >= 4 is 6.09 Å². The van der Waals surface area contributed by atoms with E-state index in [1.54, 1.807) is 4.90 Å². The van der Waals surface area contributed by atoms with Gasteiger partial charge in [0.05, 0.1) is 0 Å². The van der Waals surface area contributed by atoms with Gasteiger partial charge in [-0.15, -0.1) is 0 Å². The van der Waals surface area contributed by atoms with E-state index in [0.717, 1.165) is 31.4 Å². The number of aliphatic hydroxyl groups is 1. The number of hydrogen-bond donors (Lipinski definition) is 1. The maximum atomic E-state index is 12.7. The normalized spacial score (nSPS) is 20.2. The highest BCUT2D eigenvalue weighted by Gasteiger charge is 2.34. The van der Waals surface area contributed by atoms with Gasteiger partial charge < -0.3 is 14.7 Å². The molecular formula is C19H29NO3. The van der Waals surface area contributed by atoms with Crippen LogP contribution < -0.4 is 0 Å². The number of hydrogen-bond acceptors (Lipinski definition) is 3. The summed E-state index contributed by atoms with van der Waals surface area (Å²) in [6, 6.07) is 10.0. The molecule has 1 aromatic carbocycles. The van der Waals surface area contributed by atoms with Gasteiger partial charge in [-0.05, 0) is 31.2 Å². The standard InChI is InChI=1S/C19H29NO3/c1-19(2,3)17(15-9-5-4-6-10-15)23-18(22)20-13-8-7-11-16(20)12-14-21/h4-6,9-10,16-17,21H,7-8,11-14H2,1-3H3. The van der Waals surface area contributed by atoms with Crippen molar-refractivity contribution in [3.63, 3.8) is 0 Å². The Bertz CT molecular complexity index is 493. The van der Waals surface area contributed by atoms with Crippen molar-refractivity contribution in [3.8, 4) is 0 Å². The van der Waals surface area contributed by atoms with E-state index in [1.165, 1.54) is 0 Å². The zero-order valence-electron chi connectivity index (χ0n) is 14.5. The summed E-state index contributed by atoms with van der Waals surface area (Å²) in [7, 11) is 0. The zero-order chi connectivity index (χ0) is 16.9. The van der Waals surface area contributed by atoms with E-state index in [0.29, 0.717) is 6.42 Å². The minimum atomic E-state index is -0.284. The first-order chi connectivity index (χ1) is 10.9. The fraction of sp³-hybridized carbons (Fsp3) is 0.632. The van der Waals surface area contributed by atoms with Gasteiger partial charge in [-0.25, -0.2) is 4.79 Å². The van der Waals surface area contributed by atoms with Gasteiger partial charge in [0.2, 0.25) is 0 Å². The summed E-state index contributed by atoms with van der Waals surface area (Å²) >= 11 is 0. The molecule has 1 aliphatic heterocycles. The van der Waals surface area contributed by atoms with Gasteiger partial charge in [0.1, 0.15) is 6.10 Å². The highest BCUT2D eigenvalue weighted by Crippen LogP contribution is 2.37. The van der Waals surface area contributed by atoms with Crippen LogP contribution in [0.2, 0.25) is 0 Å². The van der Waals surface area contributed by atoms with Crippen molar-refractivity contribution in [1.82, 2.24) is 4.90 Å². The Morgan fingerprint density at radius 3 is 2.61 bits per heavy atom. The van der Waals surface area contributed by atoms with Crippen LogP contribution >= 0.6 is 0 Å². The second-order valence-electron chi connectivity index (χ2n) is 7.40. The van der Waals surface area contributed by atoms with Gasteiger partial charge in [-0.2, -0.15) is 0 Å². The van der Waals surface area contributed by atoms with Gasteiger partial charge in [0.25, 0.3) is 0 Å². The summed E-state index contributed by atoms with van der Waals surface area (Å²) in [6.45, 7) is 7.07. The molecule has 1 heterocycles. The van der Waals surface area contributed by atoms with Crippen molar-refractivity contribution in [1.29, 1.82) is 0 Å². The zero-order valence-corrected chi connectivity index (χ0v) is 14.5. The largest absolute Gasteiger partial charge is 0.441 e. The second-order valence-corrected chi connectivity index (χ2v) is 7.40. The summed E-state index contributed by atoms with van der Waals surface area (Å²) in [4.78, 5) is 14.5. The summed E-state index contributed by atoms with van der Waals surface area (Å²) in [5, 5.41) is 9.23. The molecule has 0 radical (unpaired) electrons. The topological polar surface area (TPSA) is 49.8 Å². The number of aliphatic hydroxyl groups excluding tert-OH is 1. The lowest BCUT2D eigenvalue weighted by Gasteiger charge is -2.38. The third-order valence-electron chi connectivity index (χ3n) is 4.43. The Morgan fingerprint density at radius 2 is 2.00 bits per heavy atom. The first-order valence-corrected chi connectivity index (χ1v) is 8.56. The second kappa shape index (κ2) is 7.82. The molecule has 4 nitrogen and oxygen atoms in total. The fourth-order valence-electron chi connectivity index (χ4n) is 3.23. The molecule has 1 aromatic rings. The van der Waals surface area contributed by atoms with E-state index in [-0.39, 0.29) is 30.3 Å². The molecule has 1 N–H and O–H groups in total. The summed E-state index contributed by atoms with van der Waals surface area (Å²) < 4.78 is 5.92. The Kier molecular flexibility index (Phi) is 6.05. The van der Waals surface area contributed by atoms with Crippen LogP contribution in [-0.4, -0.2) is 35.3 Å². The molecular weight excluding hydrogens is 290 g/mol. The summed E-state index contributed by atoms with van der Waals surface area (Å²) in [5.41, 5.74) is 0.836. The Balaban J connectivity index is 2.14. The fourth-order valence-corrected chi connectivity index (χ4v) is 3.23. The van der Waals surface area contributed by atoms with Crippen molar-refractivity contribution in [2.45, 2.75) is 58.6 Å². The van der Waals surface area contributed by atoms with Gasteiger partial charge >= 0.3 is 6.09 Å². The molecule has 1 aliphatic rings. The third kappa shape index (κ3) is 4.71. The number of likely N-dealkylation sites (tertiary alicyclic amines) is 1. The molecule has 0 bridgehead atoms. The molecule has 23 heavy (non-hydrogen) atoms. The minimum absolute atomic E-state index is 0.0950. The number of piperidine rings is 1. The van der Waals surface area contributed by atoms with Crippen LogP contribution in [0.3, 0.4) is 0 Å². The molecule has 1 amide bonds. The number of nitrogens with zero attached hydrogens (tertiary/aromatic N) is 1. The number of benzene rings is 1. The van der Waals surface area contributed by atoms with Crippen molar-refractivity contribution in [2.24, 2.45) is 5.41 Å². The summed E-state index contributed by atoms with van der Waals surface area (Å²) in [5.74, 6) is 0. The smallest absolute Gasteiger partial charge is 0.410 e. The number of amides is 1. The summed E-state index contributed by atoms with van der Waals surface area (Å²) in [6.07, 6.45) is 3.14. The lowest BCUT2D eigenvalue weighted by Crippen LogP contribution is -2.45. The van der Waals surface area contributed by atoms with Crippen LogP contribution in [0.15, 0.2) is 30.3 Å². The van der Waals surface area contributed by atoms with Gasteiger partial charge in [-0.3, -0.25) is 0 Å². The van der Waals surface area contributed by atoms with Gasteiger partial charge in [-0.1, -0.05) is 51.1 Å². The van der Waals surface area contributed by atoms with Crippen LogP contribution in [-0.2, 0) is 4.74 Å². The highest BCUT2D eigenvalue weighted by molar-refractivity contribution is 5.68. The van der Waals surface area contributed by atoms with Crippen LogP contribution in [0.5, 0.6) is 0 Å². The quantitative estimate of drug-likeness (QED) is 0.907. The van der Waals surface area contributed by atoms with Crippen LogP contribution in [0.4, 0.5) is 4.79 Å².